The fraction of sp³-hybridized carbons (Fsp3) is 0.583. The van der Waals surface area contributed by atoms with Crippen LogP contribution in [0.15, 0.2) is 24.3 Å². The van der Waals surface area contributed by atoms with E-state index in [2.05, 4.69) is 19.9 Å². The highest BCUT2D eigenvalue weighted by molar-refractivity contribution is 6.32. The van der Waals surface area contributed by atoms with Crippen molar-refractivity contribution in [1.29, 1.82) is 0 Å². The van der Waals surface area contributed by atoms with Crippen molar-refractivity contribution < 1.29 is 34.2 Å². The van der Waals surface area contributed by atoms with Crippen molar-refractivity contribution in [2.45, 2.75) is 92.6 Å². The van der Waals surface area contributed by atoms with Crippen molar-refractivity contribution in [1.82, 2.24) is 0 Å². The number of allylic oxidation sites excluding steroid dienone is 4. The molecule has 0 amide bonds. The Morgan fingerprint density at radius 2 is 1.72 bits per heavy atom. The normalized spacial score (nSPS) is 33.5. The number of hydrogen-bond donors (Lipinski definition) is 2. The van der Waals surface area contributed by atoms with E-state index in [9.17, 15) is 34.2 Å². The number of hydrogen-bond acceptors (Lipinski definition) is 7. The molecule has 43 heavy (non-hydrogen) atoms. The smallest absolute Gasteiger partial charge is 0.190 e. The van der Waals surface area contributed by atoms with Gasteiger partial charge in [0.2, 0.25) is 0 Å². The van der Waals surface area contributed by atoms with Crippen LogP contribution in [0.25, 0.3) is 5.57 Å². The molecule has 0 bridgehead atoms. The molecule has 7 nitrogen and oxygen atoms in total. The maximum Gasteiger partial charge on any atom is 0.190 e. The molecule has 4 aliphatic rings. The molecule has 0 spiro atoms. The van der Waals surface area contributed by atoms with E-state index in [1.165, 1.54) is 0 Å². The molecule has 1 aromatic rings. The molecule has 7 heteroatoms. The van der Waals surface area contributed by atoms with Crippen molar-refractivity contribution in [3.63, 3.8) is 0 Å². The molecule has 6 atom stereocenters. The Bertz CT molecular complexity index is 1510. The number of ketones is 5. The summed E-state index contributed by atoms with van der Waals surface area (Å²) in [5, 5.41) is 23.9. The molecule has 0 saturated heterocycles. The highest BCUT2D eigenvalue weighted by Gasteiger charge is 2.76. The van der Waals surface area contributed by atoms with Crippen LogP contribution in [0.4, 0.5) is 0 Å². The minimum absolute atomic E-state index is 0.0492. The summed E-state index contributed by atoms with van der Waals surface area (Å²) in [4.78, 5) is 69.4. The fourth-order valence-electron chi connectivity index (χ4n) is 9.22. The standard InChI is InChI=1S/C36H44O7/c1-8-20(9-2)14-22-15-23(21-12-10-11-13-21)24-16-34(6)17-35(7)27(18(3)4)30(39)25(19(5)37)32(41)36(35,43)33(42)28(34)31(40)26(24)29(22)38/h10,12-13,15,18,20,25,27-28,38,43H,8-9,11,14,16-17H2,1-7H3/t25?,27?,28?,34-,35-,36+/m1/s1. The second-order valence-corrected chi connectivity index (χ2v) is 14.3. The zero-order valence-electron chi connectivity index (χ0n) is 26.4. The number of aliphatic hydroxyl groups is 1. The molecule has 2 N–H and O–H groups in total. The van der Waals surface area contributed by atoms with E-state index in [4.69, 9.17) is 0 Å². The maximum absolute atomic E-state index is 14.6. The first-order valence-electron chi connectivity index (χ1n) is 15.7. The molecule has 5 rings (SSSR count). The first-order chi connectivity index (χ1) is 20.1. The molecular formula is C36H44O7. The number of benzene rings is 1. The second-order valence-electron chi connectivity index (χ2n) is 14.3. The van der Waals surface area contributed by atoms with E-state index in [0.717, 1.165) is 37.3 Å². The summed E-state index contributed by atoms with van der Waals surface area (Å²) in [5.74, 6) is -8.31. The van der Waals surface area contributed by atoms with Crippen LogP contribution in [0.2, 0.25) is 0 Å². The first-order valence-corrected chi connectivity index (χ1v) is 15.7. The van der Waals surface area contributed by atoms with Crippen LogP contribution in [0, 0.1) is 40.4 Å². The average Bonchev–Trinajstić information content (AvgIpc) is 3.45. The number of carbonyl (C=O) groups excluding carboxylic acids is 5. The highest BCUT2D eigenvalue weighted by atomic mass is 16.3. The van der Waals surface area contributed by atoms with Gasteiger partial charge in [-0.2, -0.15) is 0 Å². The number of Topliss-reactive ketones (excluding diaryl/α,β-unsaturated/α-hetero) is 5. The largest absolute Gasteiger partial charge is 0.507 e. The van der Waals surface area contributed by atoms with Crippen LogP contribution in [0.1, 0.15) is 101 Å². The number of phenols is 1. The van der Waals surface area contributed by atoms with Gasteiger partial charge in [0.15, 0.2) is 28.7 Å². The van der Waals surface area contributed by atoms with E-state index in [1.807, 2.05) is 25.1 Å². The predicted molar refractivity (Wildman–Crippen MR) is 162 cm³/mol. The molecule has 0 radical (unpaired) electrons. The number of aromatic hydroxyl groups is 1. The van der Waals surface area contributed by atoms with E-state index in [0.29, 0.717) is 23.5 Å². The van der Waals surface area contributed by atoms with Crippen molar-refractivity contribution >= 4 is 34.5 Å². The molecule has 230 valence electrons. The number of rotatable bonds is 7. The lowest BCUT2D eigenvalue weighted by atomic mass is 9.39. The summed E-state index contributed by atoms with van der Waals surface area (Å²) < 4.78 is 0. The lowest BCUT2D eigenvalue weighted by molar-refractivity contribution is -0.205. The van der Waals surface area contributed by atoms with Crippen LogP contribution in [0.3, 0.4) is 0 Å². The summed E-state index contributed by atoms with van der Waals surface area (Å²) in [5.41, 5.74) is -2.06. The summed E-state index contributed by atoms with van der Waals surface area (Å²) in [6.07, 6.45) is 9.54. The Balaban J connectivity index is 1.75. The van der Waals surface area contributed by atoms with Gasteiger partial charge in [-0.1, -0.05) is 72.6 Å². The van der Waals surface area contributed by atoms with E-state index < -0.39 is 63.1 Å². The van der Waals surface area contributed by atoms with E-state index in [1.54, 1.807) is 20.8 Å². The molecule has 3 unspecified atom stereocenters. The lowest BCUT2D eigenvalue weighted by Gasteiger charge is -2.62. The van der Waals surface area contributed by atoms with Gasteiger partial charge >= 0.3 is 0 Å². The summed E-state index contributed by atoms with van der Waals surface area (Å²) in [6, 6.07) is 1.98. The predicted octanol–water partition coefficient (Wildman–Crippen LogP) is 5.41. The van der Waals surface area contributed by atoms with Gasteiger partial charge in [0.1, 0.15) is 17.5 Å². The van der Waals surface area contributed by atoms with Gasteiger partial charge in [0, 0.05) is 11.3 Å². The Morgan fingerprint density at radius 3 is 2.26 bits per heavy atom. The molecule has 0 aliphatic heterocycles. The number of fused-ring (bicyclic) bond motifs is 3. The van der Waals surface area contributed by atoms with Gasteiger partial charge in [-0.3, -0.25) is 24.0 Å². The molecular weight excluding hydrogens is 544 g/mol. The van der Waals surface area contributed by atoms with Crippen molar-refractivity contribution in [2.24, 2.45) is 40.4 Å². The van der Waals surface area contributed by atoms with Gasteiger partial charge < -0.3 is 10.2 Å². The van der Waals surface area contributed by atoms with E-state index in [-0.39, 0.29) is 30.1 Å². The minimum Gasteiger partial charge on any atom is -0.507 e. The SMILES string of the molecule is CCC(CC)Cc1cc(C2=CCC=C2)c2c(c1O)C(=O)C1C(=O)[C@@]3(O)C(=O)C(C(C)=O)C(=O)C(C(C)C)[C@@]3(C)C[C@@]1(C)C2. The zero-order chi connectivity index (χ0) is 31.8. The third kappa shape index (κ3) is 4.21. The minimum atomic E-state index is -2.69. The Morgan fingerprint density at radius 1 is 1.07 bits per heavy atom. The summed E-state index contributed by atoms with van der Waals surface area (Å²) in [6.45, 7) is 12.3. The molecule has 4 aliphatic carbocycles. The van der Waals surface area contributed by atoms with E-state index >= 15 is 0 Å². The average molecular weight is 589 g/mol. The van der Waals surface area contributed by atoms with Crippen molar-refractivity contribution in [3.8, 4) is 5.75 Å². The van der Waals surface area contributed by atoms with Gasteiger partial charge in [-0.05, 0) is 78.2 Å². The topological polar surface area (TPSA) is 126 Å². The molecule has 1 aromatic carbocycles. The lowest BCUT2D eigenvalue weighted by Crippen LogP contribution is -2.76. The zero-order valence-corrected chi connectivity index (χ0v) is 26.4. The van der Waals surface area contributed by atoms with Crippen LogP contribution in [-0.2, 0) is 32.0 Å². The molecule has 0 heterocycles. The Kier molecular flexibility index (Phi) is 7.60. The van der Waals surface area contributed by atoms with Crippen LogP contribution < -0.4 is 0 Å². The van der Waals surface area contributed by atoms with Crippen LogP contribution in [-0.4, -0.2) is 44.7 Å². The van der Waals surface area contributed by atoms with Crippen molar-refractivity contribution in [2.75, 3.05) is 0 Å². The summed E-state index contributed by atoms with van der Waals surface area (Å²) >= 11 is 0. The van der Waals surface area contributed by atoms with Gasteiger partial charge in [0.25, 0.3) is 0 Å². The first kappa shape index (κ1) is 31.2. The van der Waals surface area contributed by atoms with Crippen LogP contribution in [0.5, 0.6) is 5.75 Å². The monoisotopic (exact) mass is 588 g/mol. The quantitative estimate of drug-likeness (QED) is 0.408. The number of carbonyl (C=O) groups is 5. The summed E-state index contributed by atoms with van der Waals surface area (Å²) in [7, 11) is 0. The second kappa shape index (κ2) is 10.5. The molecule has 2 saturated carbocycles. The number of phenolic OH excluding ortho intramolecular Hbond substituents is 1. The Hall–Kier alpha value is -3.19. The Labute approximate surface area is 253 Å². The molecule has 2 fully saturated rings. The highest BCUT2D eigenvalue weighted by Crippen LogP contribution is 2.64. The van der Waals surface area contributed by atoms with Crippen LogP contribution >= 0.6 is 0 Å². The molecule has 0 aromatic heterocycles. The third-order valence-electron chi connectivity index (χ3n) is 11.2. The van der Waals surface area contributed by atoms with Gasteiger partial charge in [-0.25, -0.2) is 0 Å². The van der Waals surface area contributed by atoms with Crippen molar-refractivity contribution in [3.05, 3.63) is 46.5 Å². The third-order valence-corrected chi connectivity index (χ3v) is 11.2. The fourth-order valence-corrected chi connectivity index (χ4v) is 9.22. The van der Waals surface area contributed by atoms with Gasteiger partial charge in [-0.15, -0.1) is 0 Å². The maximum atomic E-state index is 14.6. The van der Waals surface area contributed by atoms with Gasteiger partial charge in [0.05, 0.1) is 11.5 Å².